The summed E-state index contributed by atoms with van der Waals surface area (Å²) in [5.41, 5.74) is 3.69. The molecular weight excluding hydrogens is 444 g/mol. The first kappa shape index (κ1) is 24.3. The number of oxazole rings is 1. The van der Waals surface area contributed by atoms with E-state index in [4.69, 9.17) is 13.9 Å². The third kappa shape index (κ3) is 5.66. The SMILES string of the molecule is CCN(C)C(=O)c1coc(CN(CCc2c[nH]c3ccccc23)Cc2cc(OC)ccc2OC)n1. The van der Waals surface area contributed by atoms with Gasteiger partial charge in [0.05, 0.1) is 20.8 Å². The van der Waals surface area contributed by atoms with E-state index in [2.05, 4.69) is 39.3 Å². The summed E-state index contributed by atoms with van der Waals surface area (Å²) < 4.78 is 16.7. The lowest BCUT2D eigenvalue weighted by Crippen LogP contribution is -2.27. The van der Waals surface area contributed by atoms with Gasteiger partial charge in [-0.25, -0.2) is 4.98 Å². The van der Waals surface area contributed by atoms with E-state index in [1.54, 1.807) is 26.2 Å². The largest absolute Gasteiger partial charge is 0.497 e. The Bertz CT molecular complexity index is 1280. The highest BCUT2D eigenvalue weighted by molar-refractivity contribution is 5.91. The molecule has 0 saturated heterocycles. The quantitative estimate of drug-likeness (QED) is 0.343. The Morgan fingerprint density at radius 1 is 1.09 bits per heavy atom. The Hall–Kier alpha value is -3.78. The van der Waals surface area contributed by atoms with Crippen LogP contribution in [0.2, 0.25) is 0 Å². The van der Waals surface area contributed by atoms with Crippen molar-refractivity contribution in [2.45, 2.75) is 26.4 Å². The fourth-order valence-corrected chi connectivity index (χ4v) is 4.09. The van der Waals surface area contributed by atoms with Gasteiger partial charge < -0.3 is 23.8 Å². The normalized spacial score (nSPS) is 11.2. The first-order valence-corrected chi connectivity index (χ1v) is 11.7. The number of carbonyl (C=O) groups excluding carboxylic acids is 1. The zero-order valence-corrected chi connectivity index (χ0v) is 20.7. The summed E-state index contributed by atoms with van der Waals surface area (Å²) in [6, 6.07) is 14.1. The molecule has 0 saturated carbocycles. The number of nitrogens with zero attached hydrogens (tertiary/aromatic N) is 3. The molecule has 1 amide bonds. The van der Waals surface area contributed by atoms with Gasteiger partial charge >= 0.3 is 0 Å². The number of para-hydroxylation sites is 1. The fraction of sp³-hybridized carbons (Fsp3) is 0.333. The minimum absolute atomic E-state index is 0.151. The molecule has 4 aromatic rings. The van der Waals surface area contributed by atoms with Crippen LogP contribution in [-0.4, -0.2) is 60.0 Å². The van der Waals surface area contributed by atoms with Gasteiger partial charge in [0.2, 0.25) is 5.89 Å². The van der Waals surface area contributed by atoms with E-state index in [0.717, 1.165) is 35.5 Å². The topological polar surface area (TPSA) is 83.8 Å². The predicted molar refractivity (Wildman–Crippen MR) is 135 cm³/mol. The third-order valence-electron chi connectivity index (χ3n) is 6.20. The number of nitrogens with one attached hydrogen (secondary N) is 1. The smallest absolute Gasteiger partial charge is 0.275 e. The van der Waals surface area contributed by atoms with Crippen LogP contribution in [0.1, 0.15) is 34.4 Å². The highest BCUT2D eigenvalue weighted by atomic mass is 16.5. The number of carbonyl (C=O) groups is 1. The summed E-state index contributed by atoms with van der Waals surface area (Å²) in [5.74, 6) is 1.90. The van der Waals surface area contributed by atoms with Crippen LogP contribution in [0.25, 0.3) is 10.9 Å². The van der Waals surface area contributed by atoms with Crippen LogP contribution in [0.4, 0.5) is 0 Å². The number of fused-ring (bicyclic) bond motifs is 1. The van der Waals surface area contributed by atoms with Crippen molar-refractivity contribution in [3.05, 3.63) is 77.6 Å². The van der Waals surface area contributed by atoms with Gasteiger partial charge in [-0.2, -0.15) is 0 Å². The lowest BCUT2D eigenvalue weighted by atomic mass is 10.1. The van der Waals surface area contributed by atoms with E-state index in [9.17, 15) is 4.79 Å². The van der Waals surface area contributed by atoms with E-state index >= 15 is 0 Å². The van der Waals surface area contributed by atoms with Crippen LogP contribution >= 0.6 is 0 Å². The number of aromatic amines is 1. The molecule has 184 valence electrons. The van der Waals surface area contributed by atoms with Crippen molar-refractivity contribution >= 4 is 16.8 Å². The molecule has 8 heteroatoms. The van der Waals surface area contributed by atoms with Crippen LogP contribution in [-0.2, 0) is 19.5 Å². The van der Waals surface area contributed by atoms with E-state index in [1.165, 1.54) is 17.2 Å². The van der Waals surface area contributed by atoms with Crippen LogP contribution in [0.5, 0.6) is 11.5 Å². The fourth-order valence-electron chi connectivity index (χ4n) is 4.09. The van der Waals surface area contributed by atoms with Crippen LogP contribution < -0.4 is 9.47 Å². The molecule has 2 aromatic carbocycles. The summed E-state index contributed by atoms with van der Waals surface area (Å²) in [5, 5.41) is 1.22. The number of methoxy groups -OCH3 is 2. The molecule has 0 fully saturated rings. The first-order valence-electron chi connectivity index (χ1n) is 11.7. The molecule has 1 N–H and O–H groups in total. The van der Waals surface area contributed by atoms with E-state index < -0.39 is 0 Å². The summed E-state index contributed by atoms with van der Waals surface area (Å²) >= 11 is 0. The second kappa shape index (κ2) is 11.1. The van der Waals surface area contributed by atoms with Crippen LogP contribution in [0.3, 0.4) is 0 Å². The van der Waals surface area contributed by atoms with Gasteiger partial charge in [0.25, 0.3) is 5.91 Å². The van der Waals surface area contributed by atoms with Gasteiger partial charge in [0.1, 0.15) is 17.8 Å². The molecule has 2 heterocycles. The number of rotatable bonds is 11. The molecule has 0 aliphatic carbocycles. The van der Waals surface area contributed by atoms with Gasteiger partial charge in [-0.1, -0.05) is 18.2 Å². The summed E-state index contributed by atoms with van der Waals surface area (Å²) in [6.45, 7) is 4.33. The number of hydrogen-bond donors (Lipinski definition) is 1. The summed E-state index contributed by atoms with van der Waals surface area (Å²) in [7, 11) is 5.07. The van der Waals surface area contributed by atoms with Gasteiger partial charge in [-0.3, -0.25) is 9.69 Å². The number of ether oxygens (including phenoxy) is 2. The van der Waals surface area contributed by atoms with Crippen molar-refractivity contribution in [2.75, 3.05) is 34.4 Å². The van der Waals surface area contributed by atoms with Crippen LogP contribution in [0.15, 0.2) is 59.3 Å². The van der Waals surface area contributed by atoms with Crippen molar-refractivity contribution in [3.63, 3.8) is 0 Å². The van der Waals surface area contributed by atoms with Crippen molar-refractivity contribution in [3.8, 4) is 11.5 Å². The van der Waals surface area contributed by atoms with Gasteiger partial charge in [0.15, 0.2) is 5.69 Å². The minimum atomic E-state index is -0.151. The first-order chi connectivity index (χ1) is 17.0. The minimum Gasteiger partial charge on any atom is -0.497 e. The standard InChI is InChI=1S/C27H32N4O4/c1-5-30(2)27(32)24-18-35-26(29-24)17-31(16-20-14-21(33-3)10-11-25(20)34-4)13-12-19-15-28-23-9-7-6-8-22(19)23/h6-11,14-15,18,28H,5,12-13,16-17H2,1-4H3. The number of amides is 1. The zero-order valence-electron chi connectivity index (χ0n) is 20.7. The number of aromatic nitrogens is 2. The van der Waals surface area contributed by atoms with Gasteiger partial charge in [-0.15, -0.1) is 0 Å². The molecule has 0 spiro atoms. The summed E-state index contributed by atoms with van der Waals surface area (Å²) in [4.78, 5) is 24.1. The number of hydrogen-bond acceptors (Lipinski definition) is 6. The van der Waals surface area contributed by atoms with E-state index in [0.29, 0.717) is 31.2 Å². The second-order valence-corrected chi connectivity index (χ2v) is 8.44. The number of benzene rings is 2. The van der Waals surface area contributed by atoms with E-state index in [-0.39, 0.29) is 5.91 Å². The van der Waals surface area contributed by atoms with E-state index in [1.807, 2.05) is 31.2 Å². The average Bonchev–Trinajstić information content (AvgIpc) is 3.53. The van der Waals surface area contributed by atoms with Gasteiger partial charge in [-0.05, 0) is 43.2 Å². The third-order valence-corrected chi connectivity index (χ3v) is 6.20. The van der Waals surface area contributed by atoms with Crippen molar-refractivity contribution in [1.82, 2.24) is 19.8 Å². The number of H-pyrrole nitrogens is 1. The monoisotopic (exact) mass is 476 g/mol. The Morgan fingerprint density at radius 3 is 2.69 bits per heavy atom. The average molecular weight is 477 g/mol. The molecule has 0 aliphatic heterocycles. The molecule has 0 unspecified atom stereocenters. The Kier molecular flexibility index (Phi) is 7.72. The maximum atomic E-state index is 12.5. The van der Waals surface area contributed by atoms with Gasteiger partial charge in [0, 0.05) is 49.3 Å². The van der Waals surface area contributed by atoms with Crippen molar-refractivity contribution in [2.24, 2.45) is 0 Å². The lowest BCUT2D eigenvalue weighted by molar-refractivity contribution is 0.0796. The molecule has 8 nitrogen and oxygen atoms in total. The maximum absolute atomic E-state index is 12.5. The molecular formula is C27H32N4O4. The van der Waals surface area contributed by atoms with Crippen LogP contribution in [0, 0.1) is 0 Å². The highest BCUT2D eigenvalue weighted by Crippen LogP contribution is 2.26. The van der Waals surface area contributed by atoms with Crippen molar-refractivity contribution in [1.29, 1.82) is 0 Å². The molecule has 0 radical (unpaired) electrons. The predicted octanol–water partition coefficient (Wildman–Crippen LogP) is 4.51. The van der Waals surface area contributed by atoms with Crippen molar-refractivity contribution < 1.29 is 18.7 Å². The lowest BCUT2D eigenvalue weighted by Gasteiger charge is -2.22. The Balaban J connectivity index is 1.57. The molecule has 0 aliphatic rings. The molecule has 4 rings (SSSR count). The molecule has 35 heavy (non-hydrogen) atoms. The second-order valence-electron chi connectivity index (χ2n) is 8.44. The Morgan fingerprint density at radius 2 is 1.91 bits per heavy atom. The molecule has 0 atom stereocenters. The molecule has 0 bridgehead atoms. The Labute approximate surface area is 205 Å². The summed E-state index contributed by atoms with van der Waals surface area (Å²) in [6.07, 6.45) is 4.34. The zero-order chi connectivity index (χ0) is 24.8. The highest BCUT2D eigenvalue weighted by Gasteiger charge is 2.19. The maximum Gasteiger partial charge on any atom is 0.275 e. The molecule has 2 aromatic heterocycles.